The van der Waals surface area contributed by atoms with Crippen molar-refractivity contribution >= 4 is 11.9 Å². The Labute approximate surface area is 141 Å². The lowest BCUT2D eigenvalue weighted by Gasteiger charge is -2.35. The Balaban J connectivity index is 1.65. The maximum absolute atomic E-state index is 12.8. The zero-order chi connectivity index (χ0) is 16.9. The molecule has 24 heavy (non-hydrogen) atoms. The number of hydrogen-bond donors (Lipinski definition) is 2. The van der Waals surface area contributed by atoms with Gasteiger partial charge in [0.2, 0.25) is 0 Å². The highest BCUT2D eigenvalue weighted by atomic mass is 16.4. The number of fused-ring (bicyclic) bond motifs is 2. The van der Waals surface area contributed by atoms with Gasteiger partial charge in [0.05, 0.1) is 5.41 Å². The van der Waals surface area contributed by atoms with Gasteiger partial charge in [0.25, 0.3) is 5.91 Å². The van der Waals surface area contributed by atoms with Gasteiger partial charge < -0.3 is 10.4 Å². The van der Waals surface area contributed by atoms with Crippen molar-refractivity contribution in [3.63, 3.8) is 0 Å². The average Bonchev–Trinajstić information content (AvgIpc) is 2.67. The first-order valence-corrected chi connectivity index (χ1v) is 8.92. The standard InChI is InChI=1S/C19H24N2O3/c1-12-4-2-6-15(20-12)16(22)21-19-7-3-5-13-8-14(19)10-18(9-13,11-19)17(23)24/h2,4,6,13-14H,3,5,7-11H2,1H3,(H,21,22)(H,23,24). The summed E-state index contributed by atoms with van der Waals surface area (Å²) in [5.74, 6) is -0.0593. The summed E-state index contributed by atoms with van der Waals surface area (Å²) in [6, 6.07) is 5.43. The van der Waals surface area contributed by atoms with Gasteiger partial charge in [-0.2, -0.15) is 0 Å². The molecule has 4 atom stereocenters. The van der Waals surface area contributed by atoms with Crippen LogP contribution >= 0.6 is 0 Å². The van der Waals surface area contributed by atoms with Crippen LogP contribution in [0.2, 0.25) is 0 Å². The molecule has 3 fully saturated rings. The van der Waals surface area contributed by atoms with E-state index in [0.29, 0.717) is 24.5 Å². The summed E-state index contributed by atoms with van der Waals surface area (Å²) in [4.78, 5) is 29.1. The van der Waals surface area contributed by atoms with E-state index in [0.717, 1.165) is 37.8 Å². The van der Waals surface area contributed by atoms with Gasteiger partial charge in [0, 0.05) is 11.2 Å². The van der Waals surface area contributed by atoms with Crippen LogP contribution in [0.1, 0.15) is 61.1 Å². The van der Waals surface area contributed by atoms with Crippen molar-refractivity contribution in [2.75, 3.05) is 0 Å². The molecular weight excluding hydrogens is 304 g/mol. The van der Waals surface area contributed by atoms with Crippen LogP contribution in [0.5, 0.6) is 0 Å². The molecule has 4 rings (SSSR count). The Morgan fingerprint density at radius 1 is 1.33 bits per heavy atom. The van der Waals surface area contributed by atoms with Crippen LogP contribution in [0, 0.1) is 24.2 Å². The first kappa shape index (κ1) is 15.6. The lowest BCUT2D eigenvalue weighted by atomic mass is 9.70. The number of pyridine rings is 1. The fraction of sp³-hybridized carbons (Fsp3) is 0.632. The van der Waals surface area contributed by atoms with Gasteiger partial charge in [0.1, 0.15) is 5.69 Å². The molecule has 0 saturated heterocycles. The van der Waals surface area contributed by atoms with E-state index in [9.17, 15) is 14.7 Å². The average molecular weight is 328 g/mol. The van der Waals surface area contributed by atoms with Crippen LogP contribution in [0.3, 0.4) is 0 Å². The fourth-order valence-corrected chi connectivity index (χ4v) is 5.63. The van der Waals surface area contributed by atoms with Crippen molar-refractivity contribution < 1.29 is 14.7 Å². The fourth-order valence-electron chi connectivity index (χ4n) is 5.63. The van der Waals surface area contributed by atoms with Crippen LogP contribution in [0.25, 0.3) is 0 Å². The predicted molar refractivity (Wildman–Crippen MR) is 88.5 cm³/mol. The zero-order valence-corrected chi connectivity index (χ0v) is 14.0. The molecule has 3 bridgehead atoms. The van der Waals surface area contributed by atoms with Crippen molar-refractivity contribution in [3.8, 4) is 0 Å². The zero-order valence-electron chi connectivity index (χ0n) is 14.0. The van der Waals surface area contributed by atoms with E-state index in [-0.39, 0.29) is 17.4 Å². The van der Waals surface area contributed by atoms with Crippen molar-refractivity contribution in [1.29, 1.82) is 0 Å². The van der Waals surface area contributed by atoms with Gasteiger partial charge in [-0.25, -0.2) is 4.98 Å². The molecule has 4 unspecified atom stereocenters. The number of aromatic nitrogens is 1. The summed E-state index contributed by atoms with van der Waals surface area (Å²) in [5.41, 5.74) is 0.234. The number of nitrogens with one attached hydrogen (secondary N) is 1. The van der Waals surface area contributed by atoms with E-state index in [1.54, 1.807) is 6.07 Å². The first-order chi connectivity index (χ1) is 11.4. The van der Waals surface area contributed by atoms with Crippen LogP contribution in [0.4, 0.5) is 0 Å². The van der Waals surface area contributed by atoms with E-state index in [2.05, 4.69) is 10.3 Å². The minimum Gasteiger partial charge on any atom is -0.481 e. The normalized spacial score (nSPS) is 37.0. The molecule has 0 spiro atoms. The SMILES string of the molecule is Cc1cccc(C(=O)NC23CCCC4CC2CC(C(=O)O)(C4)C3)n1. The van der Waals surface area contributed by atoms with Gasteiger partial charge in [0.15, 0.2) is 0 Å². The van der Waals surface area contributed by atoms with Crippen molar-refractivity contribution in [2.45, 2.75) is 57.4 Å². The van der Waals surface area contributed by atoms with E-state index < -0.39 is 11.4 Å². The lowest BCUT2D eigenvalue weighted by Crippen LogP contribution is -2.51. The number of carboxylic acid groups (broad SMARTS) is 1. The number of aryl methyl sites for hydroxylation is 1. The third-order valence-corrected chi connectivity index (χ3v) is 6.54. The molecular formula is C19H24N2O3. The number of carboxylic acids is 1. The van der Waals surface area contributed by atoms with Gasteiger partial charge in [-0.1, -0.05) is 18.9 Å². The molecule has 5 nitrogen and oxygen atoms in total. The van der Waals surface area contributed by atoms with Crippen LogP contribution in [-0.2, 0) is 4.79 Å². The van der Waals surface area contributed by atoms with Crippen LogP contribution in [0.15, 0.2) is 18.2 Å². The predicted octanol–water partition coefficient (Wildman–Crippen LogP) is 2.93. The maximum Gasteiger partial charge on any atom is 0.309 e. The van der Waals surface area contributed by atoms with E-state index in [1.807, 2.05) is 19.1 Å². The molecule has 0 radical (unpaired) electrons. The monoisotopic (exact) mass is 328 g/mol. The highest BCUT2D eigenvalue weighted by molar-refractivity contribution is 5.93. The van der Waals surface area contributed by atoms with Crippen molar-refractivity contribution in [2.24, 2.45) is 17.3 Å². The minimum absolute atomic E-state index is 0.162. The quantitative estimate of drug-likeness (QED) is 0.894. The minimum atomic E-state index is -0.677. The Morgan fingerprint density at radius 3 is 2.92 bits per heavy atom. The number of rotatable bonds is 3. The highest BCUT2D eigenvalue weighted by Crippen LogP contribution is 2.61. The second kappa shape index (κ2) is 5.30. The molecule has 3 aliphatic rings. The molecule has 1 aromatic rings. The number of carbonyl (C=O) groups is 2. The molecule has 5 heteroatoms. The molecule has 1 heterocycles. The lowest BCUT2D eigenvalue weighted by molar-refractivity contribution is -0.151. The molecule has 0 aromatic carbocycles. The molecule has 1 aromatic heterocycles. The number of hydrogen-bond acceptors (Lipinski definition) is 3. The smallest absolute Gasteiger partial charge is 0.309 e. The Morgan fingerprint density at radius 2 is 2.17 bits per heavy atom. The number of carbonyl (C=O) groups excluding carboxylic acids is 1. The van der Waals surface area contributed by atoms with E-state index in [1.165, 1.54) is 0 Å². The van der Waals surface area contributed by atoms with Gasteiger partial charge >= 0.3 is 5.97 Å². The van der Waals surface area contributed by atoms with E-state index in [4.69, 9.17) is 0 Å². The summed E-state index contributed by atoms with van der Waals surface area (Å²) >= 11 is 0. The third-order valence-electron chi connectivity index (χ3n) is 6.54. The van der Waals surface area contributed by atoms with Crippen LogP contribution in [-0.4, -0.2) is 27.5 Å². The summed E-state index contributed by atoms with van der Waals surface area (Å²) in [6.07, 6.45) is 6.16. The molecule has 3 saturated carbocycles. The molecule has 128 valence electrons. The largest absolute Gasteiger partial charge is 0.481 e. The molecule has 3 aliphatic carbocycles. The second-order valence-electron chi connectivity index (χ2n) is 8.14. The molecule has 0 aliphatic heterocycles. The van der Waals surface area contributed by atoms with Gasteiger partial charge in [-0.05, 0) is 63.0 Å². The summed E-state index contributed by atoms with van der Waals surface area (Å²) in [7, 11) is 0. The number of aliphatic carboxylic acids is 1. The first-order valence-electron chi connectivity index (χ1n) is 8.92. The maximum atomic E-state index is 12.8. The summed E-state index contributed by atoms with van der Waals surface area (Å²) in [5, 5.41) is 13.1. The van der Waals surface area contributed by atoms with Gasteiger partial charge in [-0.15, -0.1) is 0 Å². The second-order valence-corrected chi connectivity index (χ2v) is 8.14. The molecule has 1 amide bonds. The Hall–Kier alpha value is -1.91. The van der Waals surface area contributed by atoms with Crippen molar-refractivity contribution in [3.05, 3.63) is 29.6 Å². The Kier molecular flexibility index (Phi) is 3.44. The van der Waals surface area contributed by atoms with Crippen molar-refractivity contribution in [1.82, 2.24) is 10.3 Å². The van der Waals surface area contributed by atoms with Gasteiger partial charge in [-0.3, -0.25) is 9.59 Å². The summed E-state index contributed by atoms with van der Waals surface area (Å²) < 4.78 is 0. The Bertz CT molecular complexity index is 704. The number of amides is 1. The number of nitrogens with zero attached hydrogens (tertiary/aromatic N) is 1. The molecule has 2 N–H and O–H groups in total. The topological polar surface area (TPSA) is 79.3 Å². The third kappa shape index (κ3) is 2.33. The summed E-state index contributed by atoms with van der Waals surface area (Å²) in [6.45, 7) is 1.87. The van der Waals surface area contributed by atoms with E-state index >= 15 is 0 Å². The highest BCUT2D eigenvalue weighted by Gasteiger charge is 2.62. The van der Waals surface area contributed by atoms with Crippen LogP contribution < -0.4 is 5.32 Å².